The third kappa shape index (κ3) is 6.49. The molecule has 0 aliphatic carbocycles. The second kappa shape index (κ2) is 12.5. The Kier molecular flexibility index (Phi) is 9.42. The lowest BCUT2D eigenvalue weighted by Crippen LogP contribution is -2.30. The molecular weight excluding hydrogens is 422 g/mol. The first-order chi connectivity index (χ1) is 15.6. The molecule has 0 radical (unpaired) electrons. The first-order valence-electron chi connectivity index (χ1n) is 11.7. The molecule has 0 aliphatic heterocycles. The summed E-state index contributed by atoms with van der Waals surface area (Å²) in [5.74, 6) is 2.11. The van der Waals surface area contributed by atoms with Crippen LogP contribution < -0.4 is 10.1 Å². The molecule has 3 rings (SSSR count). The van der Waals surface area contributed by atoms with Crippen LogP contribution in [0.25, 0.3) is 11.0 Å². The lowest BCUT2D eigenvalue weighted by Gasteiger charge is -2.13. The summed E-state index contributed by atoms with van der Waals surface area (Å²) in [5, 5.41) is 3.70. The lowest BCUT2D eigenvalue weighted by molar-refractivity contribution is -0.125. The highest BCUT2D eigenvalue weighted by molar-refractivity contribution is 6.32. The van der Waals surface area contributed by atoms with Gasteiger partial charge in [0, 0.05) is 18.9 Å². The van der Waals surface area contributed by atoms with Crippen LogP contribution in [0.1, 0.15) is 51.8 Å². The van der Waals surface area contributed by atoms with Gasteiger partial charge in [0.05, 0.1) is 22.6 Å². The Morgan fingerprint density at radius 2 is 1.81 bits per heavy atom. The average Bonchev–Trinajstić information content (AvgIpc) is 3.15. The number of imidazole rings is 1. The molecule has 1 N–H and O–H groups in total. The summed E-state index contributed by atoms with van der Waals surface area (Å²) in [5.41, 5.74) is 2.14. The summed E-state index contributed by atoms with van der Waals surface area (Å²) < 4.78 is 8.16. The Labute approximate surface area is 196 Å². The van der Waals surface area contributed by atoms with Crippen LogP contribution in [-0.2, 0) is 17.8 Å². The van der Waals surface area contributed by atoms with Crippen LogP contribution in [0.15, 0.2) is 48.5 Å². The van der Waals surface area contributed by atoms with Gasteiger partial charge in [0.15, 0.2) is 0 Å². The number of carbonyl (C=O) groups excluding carboxylic acids is 1. The minimum absolute atomic E-state index is 0.142. The van der Waals surface area contributed by atoms with Crippen molar-refractivity contribution < 1.29 is 9.53 Å². The predicted octanol–water partition coefficient (Wildman–Crippen LogP) is 6.03. The topological polar surface area (TPSA) is 56.2 Å². The Hall–Kier alpha value is -2.53. The van der Waals surface area contributed by atoms with Gasteiger partial charge in [-0.2, -0.15) is 0 Å². The smallest absolute Gasteiger partial charge is 0.223 e. The molecule has 1 amide bonds. The van der Waals surface area contributed by atoms with Crippen LogP contribution >= 0.6 is 11.6 Å². The molecule has 6 heteroatoms. The third-order valence-corrected chi connectivity index (χ3v) is 6.19. The van der Waals surface area contributed by atoms with Crippen molar-refractivity contribution in [3.05, 3.63) is 59.4 Å². The first-order valence-corrected chi connectivity index (χ1v) is 12.1. The molecule has 0 fully saturated rings. The molecule has 172 valence electrons. The largest absolute Gasteiger partial charge is 0.490 e. The number of ether oxygens (including phenoxy) is 1. The number of rotatable bonds is 13. The summed E-state index contributed by atoms with van der Waals surface area (Å²) in [6, 6.07) is 15.8. The number of benzene rings is 2. The maximum atomic E-state index is 12.1. The highest BCUT2D eigenvalue weighted by Gasteiger charge is 2.13. The van der Waals surface area contributed by atoms with E-state index in [2.05, 4.69) is 35.9 Å². The van der Waals surface area contributed by atoms with Crippen molar-refractivity contribution in [3.63, 3.8) is 0 Å². The van der Waals surface area contributed by atoms with Crippen molar-refractivity contribution in [1.82, 2.24) is 14.9 Å². The van der Waals surface area contributed by atoms with E-state index in [4.69, 9.17) is 21.3 Å². The van der Waals surface area contributed by atoms with Crippen molar-refractivity contribution in [2.75, 3.05) is 13.2 Å². The number of nitrogens with one attached hydrogen (secondary N) is 1. The summed E-state index contributed by atoms with van der Waals surface area (Å²) in [4.78, 5) is 16.9. The van der Waals surface area contributed by atoms with E-state index in [1.54, 1.807) is 0 Å². The van der Waals surface area contributed by atoms with Crippen molar-refractivity contribution in [2.24, 2.45) is 5.92 Å². The minimum atomic E-state index is 0.142. The van der Waals surface area contributed by atoms with Crippen molar-refractivity contribution in [3.8, 4) is 5.75 Å². The fourth-order valence-corrected chi connectivity index (χ4v) is 4.17. The average molecular weight is 456 g/mol. The summed E-state index contributed by atoms with van der Waals surface area (Å²) in [6.07, 6.45) is 5.79. The Bertz CT molecular complexity index is 998. The highest BCUT2D eigenvalue weighted by Crippen LogP contribution is 2.23. The second-order valence-electron chi connectivity index (χ2n) is 8.06. The van der Waals surface area contributed by atoms with E-state index in [0.717, 1.165) is 61.9 Å². The maximum Gasteiger partial charge on any atom is 0.223 e. The zero-order valence-corrected chi connectivity index (χ0v) is 19.9. The van der Waals surface area contributed by atoms with E-state index in [1.165, 1.54) is 0 Å². The van der Waals surface area contributed by atoms with Gasteiger partial charge in [-0.3, -0.25) is 4.79 Å². The number of para-hydroxylation sites is 3. The maximum absolute atomic E-state index is 12.1. The van der Waals surface area contributed by atoms with Gasteiger partial charge >= 0.3 is 0 Å². The fourth-order valence-electron chi connectivity index (χ4n) is 3.97. The summed E-state index contributed by atoms with van der Waals surface area (Å²) in [6.45, 7) is 6.13. The fraction of sp³-hybridized carbons (Fsp3) is 0.462. The van der Waals surface area contributed by atoms with E-state index < -0.39 is 0 Å². The quantitative estimate of drug-likeness (QED) is 0.320. The highest BCUT2D eigenvalue weighted by atomic mass is 35.5. The van der Waals surface area contributed by atoms with Gasteiger partial charge in [-0.15, -0.1) is 0 Å². The van der Waals surface area contributed by atoms with Crippen LogP contribution in [-0.4, -0.2) is 28.6 Å². The van der Waals surface area contributed by atoms with Crippen LogP contribution in [0.3, 0.4) is 0 Å². The van der Waals surface area contributed by atoms with E-state index in [1.807, 2.05) is 36.4 Å². The summed E-state index contributed by atoms with van der Waals surface area (Å²) >= 11 is 6.20. The van der Waals surface area contributed by atoms with E-state index in [-0.39, 0.29) is 11.8 Å². The van der Waals surface area contributed by atoms with Gasteiger partial charge < -0.3 is 14.6 Å². The predicted molar refractivity (Wildman–Crippen MR) is 131 cm³/mol. The van der Waals surface area contributed by atoms with Gasteiger partial charge in [-0.05, 0) is 49.9 Å². The number of halogens is 1. The Balaban J connectivity index is 1.51. The minimum Gasteiger partial charge on any atom is -0.490 e. The number of aromatic nitrogens is 2. The van der Waals surface area contributed by atoms with Crippen molar-refractivity contribution in [1.29, 1.82) is 0 Å². The molecule has 0 saturated heterocycles. The zero-order chi connectivity index (χ0) is 22.8. The molecule has 0 atom stereocenters. The van der Waals surface area contributed by atoms with Crippen molar-refractivity contribution in [2.45, 2.75) is 58.9 Å². The lowest BCUT2D eigenvalue weighted by atomic mass is 10.0. The van der Waals surface area contributed by atoms with Gasteiger partial charge in [0.25, 0.3) is 0 Å². The molecule has 5 nitrogen and oxygen atoms in total. The van der Waals surface area contributed by atoms with Gasteiger partial charge in [-0.25, -0.2) is 4.98 Å². The molecule has 0 saturated carbocycles. The summed E-state index contributed by atoms with van der Waals surface area (Å²) in [7, 11) is 0. The van der Waals surface area contributed by atoms with Gasteiger partial charge in [0.1, 0.15) is 18.2 Å². The molecule has 0 spiro atoms. The third-order valence-electron chi connectivity index (χ3n) is 5.88. The Morgan fingerprint density at radius 1 is 1.06 bits per heavy atom. The number of carbonyl (C=O) groups is 1. The molecule has 2 aromatic carbocycles. The van der Waals surface area contributed by atoms with Gasteiger partial charge in [0.2, 0.25) is 5.91 Å². The van der Waals surface area contributed by atoms with Gasteiger partial charge in [-0.1, -0.05) is 56.1 Å². The number of amides is 1. The second-order valence-corrected chi connectivity index (χ2v) is 8.47. The molecular formula is C26H34ClN3O2. The molecule has 0 aliphatic rings. The first kappa shape index (κ1) is 24.1. The molecule has 32 heavy (non-hydrogen) atoms. The zero-order valence-electron chi connectivity index (χ0n) is 19.1. The molecule has 0 bridgehead atoms. The van der Waals surface area contributed by atoms with Crippen LogP contribution in [0.2, 0.25) is 5.02 Å². The van der Waals surface area contributed by atoms with Crippen LogP contribution in [0.5, 0.6) is 5.75 Å². The number of unbranched alkanes of at least 4 members (excludes halogenated alkanes) is 2. The number of hydrogen-bond donors (Lipinski definition) is 1. The van der Waals surface area contributed by atoms with Crippen LogP contribution in [0, 0.1) is 5.92 Å². The number of nitrogens with zero attached hydrogens (tertiary/aromatic N) is 2. The van der Waals surface area contributed by atoms with E-state index in [0.29, 0.717) is 23.9 Å². The standard InChI is InChI=1S/C26H34ClN3O2/c1-3-20(4-2)26(31)28-17-11-5-6-16-25-29-22-13-8-9-14-23(22)30(25)18-19-32-24-15-10-7-12-21(24)27/h7-10,12-15,20H,3-6,11,16-19H2,1-2H3,(H,28,31). The SMILES string of the molecule is CCC(CC)C(=O)NCCCCCc1nc2ccccc2n1CCOc1ccccc1Cl. The van der Waals surface area contributed by atoms with Crippen LogP contribution in [0.4, 0.5) is 0 Å². The molecule has 3 aromatic rings. The number of hydrogen-bond acceptors (Lipinski definition) is 3. The molecule has 0 unspecified atom stereocenters. The monoisotopic (exact) mass is 455 g/mol. The van der Waals surface area contributed by atoms with Crippen molar-refractivity contribution >= 4 is 28.5 Å². The normalized spacial score (nSPS) is 11.2. The molecule has 1 aromatic heterocycles. The van der Waals surface area contributed by atoms with E-state index >= 15 is 0 Å². The Morgan fingerprint density at radius 3 is 2.59 bits per heavy atom. The van der Waals surface area contributed by atoms with E-state index in [9.17, 15) is 4.79 Å². The molecule has 1 heterocycles. The number of fused-ring (bicyclic) bond motifs is 1. The number of aryl methyl sites for hydroxylation is 1.